The lowest BCUT2D eigenvalue weighted by molar-refractivity contribution is 0.458. The van der Waals surface area contributed by atoms with Gasteiger partial charge in [0.05, 0.1) is 5.69 Å². The highest BCUT2D eigenvalue weighted by Gasteiger charge is 2.25. The van der Waals surface area contributed by atoms with Crippen LogP contribution in [0, 0.1) is 0 Å². The van der Waals surface area contributed by atoms with E-state index < -0.39 is 10.1 Å². The van der Waals surface area contributed by atoms with Crippen LogP contribution in [0.4, 0.5) is 0 Å². The zero-order valence-corrected chi connectivity index (χ0v) is 10.1. The highest BCUT2D eigenvalue weighted by Crippen LogP contribution is 2.24. The molecule has 16 heavy (non-hydrogen) atoms. The molecule has 1 aromatic heterocycles. The van der Waals surface area contributed by atoms with Crippen molar-refractivity contribution in [3.05, 3.63) is 11.4 Å². The summed E-state index contributed by atoms with van der Waals surface area (Å²) < 4.78 is 33.2. The van der Waals surface area contributed by atoms with Crippen molar-refractivity contribution >= 4 is 10.1 Å². The van der Waals surface area contributed by atoms with Crippen LogP contribution in [0.3, 0.4) is 0 Å². The van der Waals surface area contributed by atoms with Crippen molar-refractivity contribution in [3.8, 4) is 0 Å². The Hall–Kier alpha value is -0.880. The predicted molar refractivity (Wildman–Crippen MR) is 59.0 cm³/mol. The average molecular weight is 244 g/mol. The summed E-state index contributed by atoms with van der Waals surface area (Å²) in [6.45, 7) is 2.57. The topological polar surface area (TPSA) is 72.2 Å². The Balaban J connectivity index is 2.56. The second-order valence-corrected chi connectivity index (χ2v) is 5.44. The molecule has 0 aliphatic heterocycles. The molecule has 0 atom stereocenters. The fraction of sp³-hybridized carbons (Fsp3) is 0.700. The van der Waals surface area contributed by atoms with Crippen molar-refractivity contribution in [2.24, 2.45) is 0 Å². The second-order valence-electron chi connectivity index (χ2n) is 4.12. The third-order valence-electron chi connectivity index (χ3n) is 2.88. The standard InChI is InChI=1S/C10H16N2O3S/c1-2-7-12-9-6-4-3-5-8(9)11-10(12)16(13,14)15/h2-7H2,1H3,(H,13,14,15). The number of aryl methyl sites for hydroxylation is 1. The summed E-state index contributed by atoms with van der Waals surface area (Å²) in [6, 6.07) is 0. The van der Waals surface area contributed by atoms with E-state index in [4.69, 9.17) is 4.55 Å². The van der Waals surface area contributed by atoms with Gasteiger partial charge in [-0.3, -0.25) is 4.55 Å². The highest BCUT2D eigenvalue weighted by molar-refractivity contribution is 7.85. The Morgan fingerprint density at radius 1 is 1.38 bits per heavy atom. The molecule has 1 heterocycles. The molecule has 0 radical (unpaired) electrons. The van der Waals surface area contributed by atoms with Crippen LogP contribution in [0.5, 0.6) is 0 Å². The lowest BCUT2D eigenvalue weighted by Crippen LogP contribution is -2.13. The summed E-state index contributed by atoms with van der Waals surface area (Å²) in [5.74, 6) is 0. The van der Waals surface area contributed by atoms with E-state index in [1.165, 1.54) is 0 Å². The number of hydrogen-bond donors (Lipinski definition) is 1. The Labute approximate surface area is 95.2 Å². The summed E-state index contributed by atoms with van der Waals surface area (Å²) in [7, 11) is -4.20. The molecular weight excluding hydrogens is 228 g/mol. The van der Waals surface area contributed by atoms with E-state index in [9.17, 15) is 8.42 Å². The Morgan fingerprint density at radius 2 is 2.06 bits per heavy atom. The molecule has 0 saturated heterocycles. The lowest BCUT2D eigenvalue weighted by atomic mass is 10.0. The van der Waals surface area contributed by atoms with Crippen LogP contribution < -0.4 is 0 Å². The molecule has 5 nitrogen and oxygen atoms in total. The van der Waals surface area contributed by atoms with E-state index in [2.05, 4.69) is 4.98 Å². The van der Waals surface area contributed by atoms with Crippen molar-refractivity contribution < 1.29 is 13.0 Å². The minimum Gasteiger partial charge on any atom is -0.317 e. The third kappa shape index (κ3) is 1.99. The molecule has 0 spiro atoms. The first-order valence-corrected chi connectivity index (χ1v) is 7.03. The van der Waals surface area contributed by atoms with Crippen molar-refractivity contribution in [1.29, 1.82) is 0 Å². The molecule has 0 aromatic carbocycles. The molecule has 0 fully saturated rings. The van der Waals surface area contributed by atoms with Crippen LogP contribution in [-0.2, 0) is 29.5 Å². The molecule has 6 heteroatoms. The van der Waals surface area contributed by atoms with Crippen molar-refractivity contribution in [2.75, 3.05) is 0 Å². The smallest absolute Gasteiger partial charge is 0.317 e. The summed E-state index contributed by atoms with van der Waals surface area (Å²) >= 11 is 0. The predicted octanol–water partition coefficient (Wildman–Crippen LogP) is 1.42. The number of imidazole rings is 1. The van der Waals surface area contributed by atoms with Crippen LogP contribution in [0.25, 0.3) is 0 Å². The number of nitrogens with zero attached hydrogens (tertiary/aromatic N) is 2. The molecule has 2 rings (SSSR count). The maximum absolute atomic E-state index is 11.2. The molecule has 0 unspecified atom stereocenters. The number of rotatable bonds is 3. The Bertz CT molecular complexity index is 490. The number of aromatic nitrogens is 2. The minimum atomic E-state index is -4.20. The Morgan fingerprint density at radius 3 is 2.69 bits per heavy atom. The first-order valence-electron chi connectivity index (χ1n) is 5.59. The van der Waals surface area contributed by atoms with E-state index >= 15 is 0 Å². The van der Waals surface area contributed by atoms with E-state index in [-0.39, 0.29) is 5.16 Å². The van der Waals surface area contributed by atoms with Crippen LogP contribution in [0.15, 0.2) is 5.16 Å². The molecule has 1 N–H and O–H groups in total. The largest absolute Gasteiger partial charge is 0.328 e. The van der Waals surface area contributed by atoms with Gasteiger partial charge in [-0.05, 0) is 32.1 Å². The van der Waals surface area contributed by atoms with Gasteiger partial charge < -0.3 is 4.57 Å². The SMILES string of the molecule is CCCn1c(S(=O)(=O)O)nc2c1CCCC2. The quantitative estimate of drug-likeness (QED) is 0.816. The fourth-order valence-corrected chi connectivity index (χ4v) is 2.93. The van der Waals surface area contributed by atoms with Crippen LogP contribution in [0.2, 0.25) is 0 Å². The van der Waals surface area contributed by atoms with Gasteiger partial charge in [-0.1, -0.05) is 6.92 Å². The average Bonchev–Trinajstić information content (AvgIpc) is 2.58. The van der Waals surface area contributed by atoms with Gasteiger partial charge in [-0.2, -0.15) is 8.42 Å². The molecule has 0 bridgehead atoms. The van der Waals surface area contributed by atoms with Gasteiger partial charge >= 0.3 is 10.1 Å². The summed E-state index contributed by atoms with van der Waals surface area (Å²) in [4.78, 5) is 4.07. The molecule has 90 valence electrons. The maximum atomic E-state index is 11.2. The lowest BCUT2D eigenvalue weighted by Gasteiger charge is -2.13. The van der Waals surface area contributed by atoms with E-state index in [1.807, 2.05) is 6.92 Å². The Kier molecular flexibility index (Phi) is 3.03. The molecule has 1 aliphatic carbocycles. The molecule has 1 aliphatic rings. The van der Waals surface area contributed by atoms with Gasteiger partial charge in [-0.25, -0.2) is 4.98 Å². The fourth-order valence-electron chi connectivity index (χ4n) is 2.23. The van der Waals surface area contributed by atoms with Gasteiger partial charge in [0.25, 0.3) is 5.16 Å². The normalized spacial score (nSPS) is 16.1. The molecule has 1 aromatic rings. The van der Waals surface area contributed by atoms with Crippen molar-refractivity contribution in [2.45, 2.75) is 50.7 Å². The van der Waals surface area contributed by atoms with E-state index in [0.717, 1.165) is 43.5 Å². The van der Waals surface area contributed by atoms with Crippen molar-refractivity contribution in [1.82, 2.24) is 9.55 Å². The second kappa shape index (κ2) is 4.18. The first kappa shape index (κ1) is 11.6. The van der Waals surface area contributed by atoms with E-state index in [1.54, 1.807) is 4.57 Å². The summed E-state index contributed by atoms with van der Waals surface area (Å²) in [6.07, 6.45) is 4.60. The molecule has 0 saturated carbocycles. The number of hydrogen-bond acceptors (Lipinski definition) is 3. The minimum absolute atomic E-state index is 0.179. The summed E-state index contributed by atoms with van der Waals surface area (Å²) in [5, 5.41) is -0.179. The van der Waals surface area contributed by atoms with Crippen LogP contribution in [-0.4, -0.2) is 22.5 Å². The van der Waals surface area contributed by atoms with Gasteiger partial charge in [0, 0.05) is 12.2 Å². The van der Waals surface area contributed by atoms with Crippen LogP contribution in [0.1, 0.15) is 37.6 Å². The zero-order chi connectivity index (χ0) is 11.8. The van der Waals surface area contributed by atoms with Gasteiger partial charge in [-0.15, -0.1) is 0 Å². The number of fused-ring (bicyclic) bond motifs is 1. The summed E-state index contributed by atoms with van der Waals surface area (Å²) in [5.41, 5.74) is 1.83. The molecular formula is C10H16N2O3S. The first-order chi connectivity index (χ1) is 7.54. The highest BCUT2D eigenvalue weighted by atomic mass is 32.2. The molecule has 0 amide bonds. The van der Waals surface area contributed by atoms with Crippen LogP contribution >= 0.6 is 0 Å². The van der Waals surface area contributed by atoms with E-state index in [0.29, 0.717) is 6.54 Å². The van der Waals surface area contributed by atoms with Crippen molar-refractivity contribution in [3.63, 3.8) is 0 Å². The van der Waals surface area contributed by atoms with Gasteiger partial charge in [0.2, 0.25) is 0 Å². The van der Waals surface area contributed by atoms with Gasteiger partial charge in [0.15, 0.2) is 0 Å². The van der Waals surface area contributed by atoms with Gasteiger partial charge in [0.1, 0.15) is 0 Å². The zero-order valence-electron chi connectivity index (χ0n) is 9.31. The monoisotopic (exact) mass is 244 g/mol. The third-order valence-corrected chi connectivity index (χ3v) is 3.65. The maximum Gasteiger partial charge on any atom is 0.328 e.